The predicted molar refractivity (Wildman–Crippen MR) is 81.0 cm³/mol. The number of aliphatic imine (C=N–C) groups is 1. The van der Waals surface area contributed by atoms with Crippen LogP contribution in [0.2, 0.25) is 0 Å². The molecule has 0 bridgehead atoms. The van der Waals surface area contributed by atoms with Gasteiger partial charge in [0.1, 0.15) is 0 Å². The second-order valence-corrected chi connectivity index (χ2v) is 7.00. The molecule has 17 heavy (non-hydrogen) atoms. The molecule has 1 aliphatic heterocycles. The molecular weight excluding hydrogens is 296 g/mol. The van der Waals surface area contributed by atoms with Gasteiger partial charge < -0.3 is 5.32 Å². The first-order valence-electron chi connectivity index (χ1n) is 5.67. The van der Waals surface area contributed by atoms with Crippen molar-refractivity contribution in [2.75, 3.05) is 17.6 Å². The van der Waals surface area contributed by atoms with Gasteiger partial charge in [-0.1, -0.05) is 31.7 Å². The van der Waals surface area contributed by atoms with E-state index in [0.717, 1.165) is 27.6 Å². The summed E-state index contributed by atoms with van der Waals surface area (Å²) in [6.45, 7) is 7.49. The molecule has 0 fully saturated rings. The number of thioether (sulfide) groups is 1. The van der Waals surface area contributed by atoms with Crippen LogP contribution in [0, 0.1) is 12.3 Å². The van der Waals surface area contributed by atoms with Crippen LogP contribution in [0.25, 0.3) is 0 Å². The van der Waals surface area contributed by atoms with E-state index in [9.17, 15) is 0 Å². The summed E-state index contributed by atoms with van der Waals surface area (Å²) in [6, 6.07) is 6.29. The Morgan fingerprint density at radius 1 is 1.41 bits per heavy atom. The highest BCUT2D eigenvalue weighted by atomic mass is 79.9. The summed E-state index contributed by atoms with van der Waals surface area (Å²) in [7, 11) is 0. The highest BCUT2D eigenvalue weighted by Crippen LogP contribution is 2.30. The van der Waals surface area contributed by atoms with Gasteiger partial charge >= 0.3 is 0 Å². The number of nitrogens with zero attached hydrogens (tertiary/aromatic N) is 1. The number of halogens is 1. The smallest absolute Gasteiger partial charge is 0.161 e. The summed E-state index contributed by atoms with van der Waals surface area (Å²) in [4.78, 5) is 4.60. The Kier molecular flexibility index (Phi) is 3.83. The summed E-state index contributed by atoms with van der Waals surface area (Å²) in [5, 5.41) is 4.42. The highest BCUT2D eigenvalue weighted by molar-refractivity contribution is 9.10. The first-order chi connectivity index (χ1) is 7.96. The van der Waals surface area contributed by atoms with Crippen molar-refractivity contribution in [3.05, 3.63) is 28.2 Å². The summed E-state index contributed by atoms with van der Waals surface area (Å²) in [5.41, 5.74) is 2.66. The molecule has 2 rings (SSSR count). The number of anilines is 1. The number of amidine groups is 1. The number of nitrogens with one attached hydrogen (secondary N) is 1. The minimum absolute atomic E-state index is 0.319. The Hall–Kier alpha value is -0.480. The van der Waals surface area contributed by atoms with E-state index >= 15 is 0 Å². The summed E-state index contributed by atoms with van der Waals surface area (Å²) in [5.74, 6) is 1.11. The lowest BCUT2D eigenvalue weighted by Crippen LogP contribution is -2.27. The van der Waals surface area contributed by atoms with Gasteiger partial charge in [0.2, 0.25) is 0 Å². The predicted octanol–water partition coefficient (Wildman–Crippen LogP) is 4.30. The monoisotopic (exact) mass is 312 g/mol. The van der Waals surface area contributed by atoms with Crippen LogP contribution in [0.3, 0.4) is 0 Å². The third-order valence-electron chi connectivity index (χ3n) is 2.61. The number of aryl methyl sites for hydroxylation is 1. The lowest BCUT2D eigenvalue weighted by molar-refractivity contribution is 0.438. The van der Waals surface area contributed by atoms with Crippen LogP contribution in [0.15, 0.2) is 27.7 Å². The van der Waals surface area contributed by atoms with Gasteiger partial charge in [-0.2, -0.15) is 0 Å². The van der Waals surface area contributed by atoms with Crippen molar-refractivity contribution < 1.29 is 0 Å². The number of hydrogen-bond acceptors (Lipinski definition) is 3. The van der Waals surface area contributed by atoms with E-state index in [1.54, 1.807) is 11.8 Å². The van der Waals surface area contributed by atoms with E-state index in [-0.39, 0.29) is 0 Å². The molecule has 4 heteroatoms. The van der Waals surface area contributed by atoms with Crippen LogP contribution in [-0.4, -0.2) is 17.5 Å². The van der Waals surface area contributed by atoms with Crippen molar-refractivity contribution in [3.63, 3.8) is 0 Å². The Balaban J connectivity index is 2.12. The molecule has 1 heterocycles. The quantitative estimate of drug-likeness (QED) is 0.836. The molecule has 0 saturated heterocycles. The zero-order valence-electron chi connectivity index (χ0n) is 10.4. The summed E-state index contributed by atoms with van der Waals surface area (Å²) in [6.07, 6.45) is 0. The first kappa shape index (κ1) is 13.0. The molecule has 92 valence electrons. The molecule has 1 aromatic carbocycles. The summed E-state index contributed by atoms with van der Waals surface area (Å²) >= 11 is 5.35. The van der Waals surface area contributed by atoms with Gasteiger partial charge in [-0.25, -0.2) is 0 Å². The largest absolute Gasteiger partial charge is 0.334 e. The van der Waals surface area contributed by atoms with Crippen LogP contribution < -0.4 is 5.32 Å². The molecule has 0 spiro atoms. The van der Waals surface area contributed by atoms with Crippen molar-refractivity contribution >= 4 is 38.5 Å². The van der Waals surface area contributed by atoms with Crippen LogP contribution in [0.1, 0.15) is 19.4 Å². The minimum atomic E-state index is 0.319. The Morgan fingerprint density at radius 3 is 2.82 bits per heavy atom. The maximum Gasteiger partial charge on any atom is 0.161 e. The molecule has 0 saturated carbocycles. The van der Waals surface area contributed by atoms with Crippen LogP contribution in [0.4, 0.5) is 5.69 Å². The molecule has 0 aliphatic carbocycles. The zero-order chi connectivity index (χ0) is 12.5. The fourth-order valence-electron chi connectivity index (χ4n) is 1.57. The van der Waals surface area contributed by atoms with Crippen LogP contribution in [0.5, 0.6) is 0 Å². The number of hydrogen-bond donors (Lipinski definition) is 1. The normalized spacial score (nSPS) is 18.7. The lowest BCUT2D eigenvalue weighted by Gasteiger charge is -2.27. The molecule has 1 aromatic rings. The van der Waals surface area contributed by atoms with Gasteiger partial charge in [0.05, 0.1) is 5.69 Å². The Labute approximate surface area is 115 Å². The molecule has 1 aliphatic rings. The maximum atomic E-state index is 4.60. The third kappa shape index (κ3) is 3.49. The maximum absolute atomic E-state index is 4.60. The van der Waals surface area contributed by atoms with E-state index in [2.05, 4.69) is 65.2 Å². The second-order valence-electron chi connectivity index (χ2n) is 5.18. The van der Waals surface area contributed by atoms with Gasteiger partial charge in [0.15, 0.2) is 5.17 Å². The van der Waals surface area contributed by atoms with E-state index in [4.69, 9.17) is 0 Å². The number of benzene rings is 1. The standard InChI is InChI=1S/C13H17BrN2S/c1-9-4-5-10(14)11(6-9)16-12-15-7-13(2,3)8-17-12/h4-6H,7-8H2,1-3H3,(H,15,16). The van der Waals surface area contributed by atoms with E-state index in [1.165, 1.54) is 5.56 Å². The highest BCUT2D eigenvalue weighted by Gasteiger charge is 2.23. The molecule has 2 nitrogen and oxygen atoms in total. The summed E-state index contributed by atoms with van der Waals surface area (Å²) < 4.78 is 1.08. The minimum Gasteiger partial charge on any atom is -0.334 e. The topological polar surface area (TPSA) is 24.4 Å². The van der Waals surface area contributed by atoms with Crippen LogP contribution in [-0.2, 0) is 0 Å². The molecule has 0 aromatic heterocycles. The first-order valence-corrected chi connectivity index (χ1v) is 7.45. The van der Waals surface area contributed by atoms with Crippen molar-refractivity contribution in [1.82, 2.24) is 0 Å². The fourth-order valence-corrected chi connectivity index (χ4v) is 2.87. The van der Waals surface area contributed by atoms with E-state index in [0.29, 0.717) is 5.41 Å². The third-order valence-corrected chi connectivity index (χ3v) is 4.74. The van der Waals surface area contributed by atoms with E-state index in [1.807, 2.05) is 0 Å². The molecule has 0 amide bonds. The Bertz CT molecular complexity index is 455. The van der Waals surface area contributed by atoms with Crippen molar-refractivity contribution in [3.8, 4) is 0 Å². The van der Waals surface area contributed by atoms with Gasteiger partial charge in [-0.05, 0) is 46.0 Å². The molecule has 0 atom stereocenters. The molecular formula is C13H17BrN2S. The van der Waals surface area contributed by atoms with Gasteiger partial charge in [0, 0.05) is 16.8 Å². The van der Waals surface area contributed by atoms with Gasteiger partial charge in [-0.3, -0.25) is 4.99 Å². The molecule has 0 unspecified atom stereocenters. The zero-order valence-corrected chi connectivity index (χ0v) is 12.8. The van der Waals surface area contributed by atoms with E-state index < -0.39 is 0 Å². The van der Waals surface area contributed by atoms with Crippen molar-refractivity contribution in [2.45, 2.75) is 20.8 Å². The fraction of sp³-hybridized carbons (Fsp3) is 0.462. The van der Waals surface area contributed by atoms with Gasteiger partial charge in [-0.15, -0.1) is 0 Å². The molecule has 1 N–H and O–H groups in total. The Morgan fingerprint density at radius 2 is 2.18 bits per heavy atom. The number of rotatable bonds is 1. The van der Waals surface area contributed by atoms with Crippen molar-refractivity contribution in [1.29, 1.82) is 0 Å². The van der Waals surface area contributed by atoms with Crippen LogP contribution >= 0.6 is 27.7 Å². The SMILES string of the molecule is Cc1ccc(Br)c(NC2=NCC(C)(C)CS2)c1. The molecule has 0 radical (unpaired) electrons. The van der Waals surface area contributed by atoms with Crippen molar-refractivity contribution in [2.24, 2.45) is 10.4 Å². The average molecular weight is 313 g/mol. The lowest BCUT2D eigenvalue weighted by atomic mass is 9.97. The average Bonchev–Trinajstić information content (AvgIpc) is 2.26. The second kappa shape index (κ2) is 5.02. The van der Waals surface area contributed by atoms with Gasteiger partial charge in [0.25, 0.3) is 0 Å².